The van der Waals surface area contributed by atoms with E-state index in [9.17, 15) is 5.26 Å². The molecule has 0 spiro atoms. The van der Waals surface area contributed by atoms with Gasteiger partial charge >= 0.3 is 0 Å². The van der Waals surface area contributed by atoms with Crippen molar-refractivity contribution in [3.63, 3.8) is 0 Å². The van der Waals surface area contributed by atoms with Crippen molar-refractivity contribution in [1.29, 1.82) is 5.26 Å². The fourth-order valence-corrected chi connectivity index (χ4v) is 4.05. The molecule has 1 heterocycles. The molecule has 0 unspecified atom stereocenters. The quantitative estimate of drug-likeness (QED) is 0.771. The third-order valence-electron chi connectivity index (χ3n) is 3.61. The Kier molecular flexibility index (Phi) is 3.71. The van der Waals surface area contributed by atoms with Crippen molar-refractivity contribution in [1.82, 2.24) is 0 Å². The van der Waals surface area contributed by atoms with Crippen LogP contribution in [0, 0.1) is 22.7 Å². The van der Waals surface area contributed by atoms with E-state index in [-0.39, 0.29) is 5.41 Å². The van der Waals surface area contributed by atoms with Gasteiger partial charge in [0.2, 0.25) is 0 Å². The minimum Gasteiger partial charge on any atom is -0.198 e. The fraction of sp³-hybridized carbons (Fsp3) is 0.615. The molecule has 1 aliphatic carbocycles. The van der Waals surface area contributed by atoms with Gasteiger partial charge in [-0.25, -0.2) is 0 Å². The lowest BCUT2D eigenvalue weighted by Gasteiger charge is -2.33. The number of hydrogen-bond acceptors (Lipinski definition) is 2. The zero-order valence-corrected chi connectivity index (χ0v) is 11.9. The van der Waals surface area contributed by atoms with Gasteiger partial charge in [0, 0.05) is 11.3 Å². The molecule has 1 fully saturated rings. The first kappa shape index (κ1) is 12.1. The average molecular weight is 298 g/mol. The third kappa shape index (κ3) is 2.67. The van der Waals surface area contributed by atoms with E-state index in [2.05, 4.69) is 41.1 Å². The average Bonchev–Trinajstić information content (AvgIpc) is 2.68. The van der Waals surface area contributed by atoms with Gasteiger partial charge in [-0.15, -0.1) is 11.3 Å². The highest BCUT2D eigenvalue weighted by Gasteiger charge is 2.34. The lowest BCUT2D eigenvalue weighted by Crippen LogP contribution is -2.27. The van der Waals surface area contributed by atoms with Crippen molar-refractivity contribution >= 4 is 27.3 Å². The second-order valence-corrected chi connectivity index (χ2v) is 7.50. The maximum atomic E-state index is 9.44. The minimum atomic E-state index is -0.0865. The second kappa shape index (κ2) is 4.89. The number of nitrogens with zero attached hydrogens (tertiary/aromatic N) is 1. The Morgan fingerprint density at radius 1 is 1.50 bits per heavy atom. The van der Waals surface area contributed by atoms with Gasteiger partial charge in [0.25, 0.3) is 0 Å². The normalized spacial score (nSPS) is 29.9. The summed E-state index contributed by atoms with van der Waals surface area (Å²) in [5, 5.41) is 9.44. The van der Waals surface area contributed by atoms with E-state index in [0.717, 1.165) is 25.2 Å². The second-order valence-electron chi connectivity index (χ2n) is 4.96. The van der Waals surface area contributed by atoms with Crippen LogP contribution in [0.5, 0.6) is 0 Å². The Morgan fingerprint density at radius 3 is 2.69 bits per heavy atom. The molecule has 3 heteroatoms. The van der Waals surface area contributed by atoms with Gasteiger partial charge in [-0.3, -0.25) is 0 Å². The van der Waals surface area contributed by atoms with E-state index in [4.69, 9.17) is 0 Å². The largest absolute Gasteiger partial charge is 0.198 e. The number of halogens is 1. The first-order chi connectivity index (χ1) is 7.63. The Labute approximate surface area is 110 Å². The molecule has 0 aliphatic heterocycles. The van der Waals surface area contributed by atoms with E-state index >= 15 is 0 Å². The van der Waals surface area contributed by atoms with E-state index in [1.165, 1.54) is 21.5 Å². The van der Waals surface area contributed by atoms with Crippen LogP contribution >= 0.6 is 27.3 Å². The smallest absolute Gasteiger partial charge is 0.0701 e. The zero-order valence-electron chi connectivity index (χ0n) is 9.50. The highest BCUT2D eigenvalue weighted by atomic mass is 79.9. The van der Waals surface area contributed by atoms with Crippen LogP contribution in [-0.4, -0.2) is 0 Å². The van der Waals surface area contributed by atoms with Crippen LogP contribution in [0.2, 0.25) is 0 Å². The third-order valence-corrected chi connectivity index (χ3v) is 5.23. The van der Waals surface area contributed by atoms with E-state index in [1.54, 1.807) is 11.3 Å². The molecule has 16 heavy (non-hydrogen) atoms. The van der Waals surface area contributed by atoms with E-state index in [1.807, 2.05) is 0 Å². The lowest BCUT2D eigenvalue weighted by molar-refractivity contribution is 0.220. The number of thiophene rings is 1. The fourth-order valence-electron chi connectivity index (χ4n) is 2.42. The van der Waals surface area contributed by atoms with Crippen LogP contribution in [0.15, 0.2) is 15.9 Å². The number of hydrogen-bond donors (Lipinski definition) is 0. The van der Waals surface area contributed by atoms with Crippen molar-refractivity contribution in [2.75, 3.05) is 0 Å². The summed E-state index contributed by atoms with van der Waals surface area (Å²) in [6.45, 7) is 2.29. The van der Waals surface area contributed by atoms with Crippen LogP contribution in [0.25, 0.3) is 0 Å². The summed E-state index contributed by atoms with van der Waals surface area (Å²) < 4.78 is 1.17. The van der Waals surface area contributed by atoms with E-state index in [0.29, 0.717) is 0 Å². The van der Waals surface area contributed by atoms with Crippen molar-refractivity contribution in [3.05, 3.63) is 20.8 Å². The van der Waals surface area contributed by atoms with Gasteiger partial charge in [0.1, 0.15) is 0 Å². The SMILES string of the molecule is CC1CCC(C#N)(Cc2ccc(Br)s2)CC1. The predicted octanol–water partition coefficient (Wildman–Crippen LogP) is 4.77. The highest BCUT2D eigenvalue weighted by Crippen LogP contribution is 2.42. The molecule has 0 radical (unpaired) electrons. The summed E-state index contributed by atoms with van der Waals surface area (Å²) in [6.07, 6.45) is 5.49. The molecule has 1 aromatic rings. The van der Waals surface area contributed by atoms with Gasteiger partial charge in [-0.1, -0.05) is 6.92 Å². The molecule has 1 nitrogen and oxygen atoms in total. The summed E-state index contributed by atoms with van der Waals surface area (Å²) in [6, 6.07) is 6.81. The summed E-state index contributed by atoms with van der Waals surface area (Å²) in [5.74, 6) is 0.802. The van der Waals surface area contributed by atoms with Gasteiger partial charge in [0.05, 0.1) is 15.3 Å². The van der Waals surface area contributed by atoms with Crippen LogP contribution < -0.4 is 0 Å². The molecule has 1 aliphatic rings. The molecule has 0 saturated heterocycles. The summed E-state index contributed by atoms with van der Waals surface area (Å²) in [7, 11) is 0. The molecule has 0 aromatic carbocycles. The number of nitriles is 1. The molecular weight excluding hydrogens is 282 g/mol. The van der Waals surface area contributed by atoms with Crippen molar-refractivity contribution < 1.29 is 0 Å². The maximum Gasteiger partial charge on any atom is 0.0701 e. The van der Waals surface area contributed by atoms with Crippen LogP contribution in [0.3, 0.4) is 0 Å². The van der Waals surface area contributed by atoms with Gasteiger partial charge in [-0.2, -0.15) is 5.26 Å². The van der Waals surface area contributed by atoms with Gasteiger partial charge in [-0.05, 0) is 59.7 Å². The summed E-state index contributed by atoms with van der Waals surface area (Å²) in [5.41, 5.74) is -0.0865. The highest BCUT2D eigenvalue weighted by molar-refractivity contribution is 9.11. The first-order valence-electron chi connectivity index (χ1n) is 5.79. The zero-order chi connectivity index (χ0) is 11.6. The van der Waals surface area contributed by atoms with Crippen molar-refractivity contribution in [3.8, 4) is 6.07 Å². The Bertz CT molecular complexity index is 396. The Balaban J connectivity index is 2.08. The molecular formula is C13H16BrNS. The van der Waals surface area contributed by atoms with Crippen molar-refractivity contribution in [2.24, 2.45) is 11.3 Å². The monoisotopic (exact) mass is 297 g/mol. The maximum absolute atomic E-state index is 9.44. The molecule has 0 atom stereocenters. The molecule has 1 aromatic heterocycles. The van der Waals surface area contributed by atoms with Gasteiger partial charge in [0.15, 0.2) is 0 Å². The van der Waals surface area contributed by atoms with Crippen LogP contribution in [0.4, 0.5) is 0 Å². The summed E-state index contributed by atoms with van der Waals surface area (Å²) >= 11 is 5.24. The molecule has 86 valence electrons. The predicted molar refractivity (Wildman–Crippen MR) is 71.4 cm³/mol. The Hall–Kier alpha value is -0.330. The molecule has 0 amide bonds. The first-order valence-corrected chi connectivity index (χ1v) is 7.40. The van der Waals surface area contributed by atoms with Crippen LogP contribution in [0.1, 0.15) is 37.5 Å². The molecule has 0 bridgehead atoms. The molecule has 1 saturated carbocycles. The molecule has 0 N–H and O–H groups in total. The topological polar surface area (TPSA) is 23.8 Å². The van der Waals surface area contributed by atoms with Crippen molar-refractivity contribution in [2.45, 2.75) is 39.0 Å². The molecule has 2 rings (SSSR count). The minimum absolute atomic E-state index is 0.0865. The van der Waals surface area contributed by atoms with Gasteiger partial charge < -0.3 is 0 Å². The standard InChI is InChI=1S/C13H16BrNS/c1-10-4-6-13(9-15,7-5-10)8-11-2-3-12(14)16-11/h2-3,10H,4-8H2,1H3. The van der Waals surface area contributed by atoms with Crippen LogP contribution in [-0.2, 0) is 6.42 Å². The van der Waals surface area contributed by atoms with E-state index < -0.39 is 0 Å². The lowest BCUT2D eigenvalue weighted by atomic mass is 9.70. The number of rotatable bonds is 2. The summed E-state index contributed by atoms with van der Waals surface area (Å²) in [4.78, 5) is 1.34. The Morgan fingerprint density at radius 2 is 2.19 bits per heavy atom.